The van der Waals surface area contributed by atoms with Crippen LogP contribution in [-0.4, -0.2) is 14.0 Å². The molecule has 0 N–H and O–H groups in total. The second kappa shape index (κ2) is 7.72. The third kappa shape index (κ3) is 2.70. The molecule has 3 nitrogen and oxygen atoms in total. The fourth-order valence-corrected chi connectivity index (χ4v) is 8.23. The Kier molecular flexibility index (Phi) is 4.07. The smallest absolute Gasteiger partial charge is 0.148 e. The van der Waals surface area contributed by atoms with Crippen LogP contribution in [0.5, 0.6) is 0 Å². The molecule has 0 amide bonds. The van der Waals surface area contributed by atoms with Crippen molar-refractivity contribution in [2.24, 2.45) is 0 Å². The molecule has 10 rings (SSSR count). The first-order chi connectivity index (χ1) is 20.4. The Labute approximate surface area is 238 Å². The molecule has 0 saturated heterocycles. The average molecular weight is 540 g/mol. The van der Waals surface area contributed by atoms with E-state index in [9.17, 15) is 0 Å². The molecule has 6 aromatic carbocycles. The normalized spacial score (nSPS) is 12.4. The molecule has 0 aliphatic rings. The van der Waals surface area contributed by atoms with E-state index in [1.807, 2.05) is 11.3 Å². The van der Waals surface area contributed by atoms with Crippen LogP contribution in [0.2, 0.25) is 0 Å². The largest absolute Gasteiger partial charge is 0.308 e. The Morgan fingerprint density at radius 1 is 0.488 bits per heavy atom. The van der Waals surface area contributed by atoms with Crippen molar-refractivity contribution in [1.82, 2.24) is 14.0 Å². The van der Waals surface area contributed by atoms with E-state index in [1.165, 1.54) is 63.7 Å². The summed E-state index contributed by atoms with van der Waals surface area (Å²) in [5.41, 5.74) is 7.95. The van der Waals surface area contributed by atoms with Gasteiger partial charge in [0.1, 0.15) is 5.65 Å². The maximum absolute atomic E-state index is 5.36. The molecule has 0 unspecified atom stereocenters. The monoisotopic (exact) mass is 539 g/mol. The number of rotatable bonds is 1. The third-order valence-electron chi connectivity index (χ3n) is 8.67. The van der Waals surface area contributed by atoms with E-state index in [2.05, 4.69) is 136 Å². The topological polar surface area (TPSA) is 22.2 Å². The van der Waals surface area contributed by atoms with Crippen LogP contribution in [0.15, 0.2) is 127 Å². The first kappa shape index (κ1) is 21.6. The minimum absolute atomic E-state index is 1.00. The van der Waals surface area contributed by atoms with Crippen LogP contribution in [0.1, 0.15) is 0 Å². The lowest BCUT2D eigenvalue weighted by molar-refractivity contribution is 1.18. The molecule has 0 atom stereocenters. The molecule has 0 radical (unpaired) electrons. The minimum atomic E-state index is 1.00. The van der Waals surface area contributed by atoms with E-state index in [4.69, 9.17) is 4.98 Å². The summed E-state index contributed by atoms with van der Waals surface area (Å²) in [5.74, 6) is 0. The van der Waals surface area contributed by atoms with Crippen LogP contribution in [0.25, 0.3) is 86.0 Å². The number of imidazole rings is 1. The molecule has 190 valence electrons. The van der Waals surface area contributed by atoms with Crippen LogP contribution in [0.3, 0.4) is 0 Å². The predicted molar refractivity (Wildman–Crippen MR) is 175 cm³/mol. The highest BCUT2D eigenvalue weighted by Crippen LogP contribution is 2.45. The number of hydrogen-bond acceptors (Lipinski definition) is 2. The fraction of sp³-hybridized carbons (Fsp3) is 0. The number of nitrogens with zero attached hydrogens (tertiary/aromatic N) is 3. The van der Waals surface area contributed by atoms with Gasteiger partial charge in [-0.15, -0.1) is 11.3 Å². The van der Waals surface area contributed by atoms with Crippen molar-refractivity contribution in [3.8, 4) is 5.69 Å². The van der Waals surface area contributed by atoms with Crippen molar-refractivity contribution in [1.29, 1.82) is 0 Å². The number of para-hydroxylation sites is 4. The minimum Gasteiger partial charge on any atom is -0.308 e. The molecule has 0 bridgehead atoms. The highest BCUT2D eigenvalue weighted by atomic mass is 32.1. The van der Waals surface area contributed by atoms with E-state index in [-0.39, 0.29) is 0 Å². The van der Waals surface area contributed by atoms with Gasteiger partial charge >= 0.3 is 0 Å². The molecule has 41 heavy (non-hydrogen) atoms. The molecule has 0 aliphatic heterocycles. The molecule has 4 heteroatoms. The highest BCUT2D eigenvalue weighted by molar-refractivity contribution is 7.26. The lowest BCUT2D eigenvalue weighted by Crippen LogP contribution is -1.97. The van der Waals surface area contributed by atoms with Crippen LogP contribution in [0.4, 0.5) is 0 Å². The van der Waals surface area contributed by atoms with Gasteiger partial charge in [-0.3, -0.25) is 4.40 Å². The summed E-state index contributed by atoms with van der Waals surface area (Å²) >= 11 is 1.88. The molecule has 0 fully saturated rings. The van der Waals surface area contributed by atoms with Gasteiger partial charge in [-0.1, -0.05) is 91.0 Å². The van der Waals surface area contributed by atoms with Gasteiger partial charge in [0.2, 0.25) is 0 Å². The molecule has 0 spiro atoms. The summed E-state index contributed by atoms with van der Waals surface area (Å²) in [4.78, 5) is 5.36. The van der Waals surface area contributed by atoms with Crippen molar-refractivity contribution in [2.45, 2.75) is 0 Å². The average Bonchev–Trinajstić information content (AvgIpc) is 3.71. The van der Waals surface area contributed by atoms with Crippen molar-refractivity contribution in [2.75, 3.05) is 0 Å². The van der Waals surface area contributed by atoms with E-state index in [0.29, 0.717) is 0 Å². The van der Waals surface area contributed by atoms with Gasteiger partial charge < -0.3 is 4.57 Å². The van der Waals surface area contributed by atoms with Crippen molar-refractivity contribution < 1.29 is 0 Å². The van der Waals surface area contributed by atoms with E-state index in [1.54, 1.807) is 0 Å². The van der Waals surface area contributed by atoms with Crippen molar-refractivity contribution >= 4 is 91.7 Å². The number of thiophene rings is 1. The number of benzene rings is 6. The molecule has 4 aromatic heterocycles. The van der Waals surface area contributed by atoms with Crippen LogP contribution in [0, 0.1) is 0 Å². The summed E-state index contributed by atoms with van der Waals surface area (Å²) in [5, 5.41) is 8.78. The highest BCUT2D eigenvalue weighted by Gasteiger charge is 2.22. The van der Waals surface area contributed by atoms with Gasteiger partial charge in [-0.25, -0.2) is 4.98 Å². The lowest BCUT2D eigenvalue weighted by Gasteiger charge is -2.14. The number of pyridine rings is 1. The summed E-state index contributed by atoms with van der Waals surface area (Å²) in [6, 6.07) is 46.1. The molecular formula is C37H21N3S. The summed E-state index contributed by atoms with van der Waals surface area (Å²) in [7, 11) is 0. The summed E-state index contributed by atoms with van der Waals surface area (Å²) in [6.45, 7) is 0. The maximum Gasteiger partial charge on any atom is 0.148 e. The van der Waals surface area contributed by atoms with E-state index < -0.39 is 0 Å². The second-order valence-corrected chi connectivity index (χ2v) is 11.8. The number of aromatic nitrogens is 3. The quantitative estimate of drug-likeness (QED) is 0.190. The van der Waals surface area contributed by atoms with E-state index in [0.717, 1.165) is 22.4 Å². The second-order valence-electron chi connectivity index (χ2n) is 10.8. The fourth-order valence-electron chi connectivity index (χ4n) is 6.99. The van der Waals surface area contributed by atoms with Crippen LogP contribution < -0.4 is 0 Å². The van der Waals surface area contributed by atoms with Gasteiger partial charge in [-0.05, 0) is 41.8 Å². The van der Waals surface area contributed by atoms with Gasteiger partial charge in [0.25, 0.3) is 0 Å². The van der Waals surface area contributed by atoms with Crippen molar-refractivity contribution in [3.63, 3.8) is 0 Å². The molecule has 4 heterocycles. The zero-order valence-corrected chi connectivity index (χ0v) is 22.7. The first-order valence-electron chi connectivity index (χ1n) is 13.9. The van der Waals surface area contributed by atoms with Gasteiger partial charge in [-0.2, -0.15) is 0 Å². The van der Waals surface area contributed by atoms with Crippen LogP contribution >= 0.6 is 11.3 Å². The lowest BCUT2D eigenvalue weighted by atomic mass is 10.0. The van der Waals surface area contributed by atoms with Gasteiger partial charge in [0.15, 0.2) is 0 Å². The zero-order chi connectivity index (χ0) is 26.7. The Hall–Kier alpha value is -5.19. The van der Waals surface area contributed by atoms with Crippen LogP contribution in [-0.2, 0) is 0 Å². The Morgan fingerprint density at radius 2 is 1.15 bits per heavy atom. The molecule has 10 aromatic rings. The Balaban J connectivity index is 1.55. The molecule has 0 saturated carbocycles. The SMILES string of the molecule is c1ccc(-n2c3ccccc3c3ccc4c5ccc6c7ccccc7sc6c5n5c6ccccc6nc5c4c32)cc1. The summed E-state index contributed by atoms with van der Waals surface area (Å²) in [6.07, 6.45) is 0. The van der Waals surface area contributed by atoms with Gasteiger partial charge in [0, 0.05) is 37.3 Å². The standard InChI is InChI=1S/C37H21N3S/c1-2-10-22(11-3-1)39-30-15-7-4-12-23(30)26-19-18-25-27-20-21-28-24-13-5-9-17-32(24)41-36(28)35(27)40-31-16-8-6-14-29(31)38-37(40)33(25)34(26)39/h1-21H. The number of hydrogen-bond donors (Lipinski definition) is 0. The van der Waals surface area contributed by atoms with Crippen molar-refractivity contribution in [3.05, 3.63) is 127 Å². The maximum atomic E-state index is 5.36. The molecule has 0 aliphatic carbocycles. The third-order valence-corrected chi connectivity index (χ3v) is 9.86. The van der Waals surface area contributed by atoms with Gasteiger partial charge in [0.05, 0.1) is 37.7 Å². The number of fused-ring (bicyclic) bond motifs is 16. The zero-order valence-electron chi connectivity index (χ0n) is 21.9. The molecular weight excluding hydrogens is 518 g/mol. The first-order valence-corrected chi connectivity index (χ1v) is 14.7. The van der Waals surface area contributed by atoms with E-state index >= 15 is 0 Å². The predicted octanol–water partition coefficient (Wildman–Crippen LogP) is 10.3. The summed E-state index contributed by atoms with van der Waals surface area (Å²) < 4.78 is 7.47. The Morgan fingerprint density at radius 3 is 2.02 bits per heavy atom. The Bertz CT molecular complexity index is 2690.